The van der Waals surface area contributed by atoms with Crippen LogP contribution in [0.4, 0.5) is 11.4 Å². The lowest BCUT2D eigenvalue weighted by Gasteiger charge is -2.44. The molecule has 0 radical (unpaired) electrons. The summed E-state index contributed by atoms with van der Waals surface area (Å²) in [4.78, 5) is 26.2. The number of nitro groups is 1. The molecule has 2 aromatic carbocycles. The first-order valence-corrected chi connectivity index (χ1v) is 10.9. The molecule has 7 nitrogen and oxygen atoms in total. The number of hydrogen-bond acceptors (Lipinski definition) is 6. The Balaban J connectivity index is 2.04. The molecule has 0 saturated heterocycles. The maximum Gasteiger partial charge on any atom is 0.269 e. The predicted octanol–water partition coefficient (Wildman–Crippen LogP) is 5.50. The SMILES string of the molecule is Cc1c(Cl)cccc1N1C(N)=C(C#N)[C@@H](c2cccc([N+](=O)[O-])c2)C2=C1CC(C)(C)CC2=O. The van der Waals surface area contributed by atoms with Crippen molar-refractivity contribution in [3.63, 3.8) is 0 Å². The summed E-state index contributed by atoms with van der Waals surface area (Å²) in [6.45, 7) is 5.89. The van der Waals surface area contributed by atoms with Crippen molar-refractivity contribution in [3.05, 3.63) is 91.4 Å². The highest BCUT2D eigenvalue weighted by molar-refractivity contribution is 6.31. The van der Waals surface area contributed by atoms with Crippen LogP contribution in [0, 0.1) is 33.8 Å². The van der Waals surface area contributed by atoms with Crippen LogP contribution in [0.2, 0.25) is 5.02 Å². The molecule has 0 bridgehead atoms. The summed E-state index contributed by atoms with van der Waals surface area (Å²) < 4.78 is 0. The fraction of sp³-hybridized carbons (Fsp3) is 0.280. The lowest BCUT2D eigenvalue weighted by molar-refractivity contribution is -0.384. The zero-order chi connectivity index (χ0) is 24.1. The largest absolute Gasteiger partial charge is 0.384 e. The highest BCUT2D eigenvalue weighted by Gasteiger charge is 2.45. The molecule has 2 aromatic rings. The second kappa shape index (κ2) is 8.05. The second-order valence-corrected chi connectivity index (χ2v) is 9.62. The zero-order valence-electron chi connectivity index (χ0n) is 18.6. The molecule has 0 saturated carbocycles. The average Bonchev–Trinajstić information content (AvgIpc) is 2.75. The Morgan fingerprint density at radius 3 is 2.61 bits per heavy atom. The second-order valence-electron chi connectivity index (χ2n) is 9.22. The molecule has 0 aromatic heterocycles. The average molecular weight is 463 g/mol. The first-order valence-electron chi connectivity index (χ1n) is 10.5. The topological polar surface area (TPSA) is 113 Å². The fourth-order valence-corrected chi connectivity index (χ4v) is 4.94. The first kappa shape index (κ1) is 22.6. The maximum absolute atomic E-state index is 13.5. The summed E-state index contributed by atoms with van der Waals surface area (Å²) in [5.41, 5.74) is 9.49. The van der Waals surface area contributed by atoms with Gasteiger partial charge in [-0.25, -0.2) is 0 Å². The van der Waals surface area contributed by atoms with Gasteiger partial charge in [0.05, 0.1) is 28.2 Å². The van der Waals surface area contributed by atoms with E-state index >= 15 is 0 Å². The monoisotopic (exact) mass is 462 g/mol. The van der Waals surface area contributed by atoms with Gasteiger partial charge in [0.2, 0.25) is 0 Å². The molecular weight excluding hydrogens is 440 g/mol. The normalized spacial score (nSPS) is 19.9. The number of halogens is 1. The number of nitriles is 1. The van der Waals surface area contributed by atoms with Gasteiger partial charge in [0.25, 0.3) is 5.69 Å². The van der Waals surface area contributed by atoms with E-state index in [2.05, 4.69) is 6.07 Å². The summed E-state index contributed by atoms with van der Waals surface area (Å²) in [6.07, 6.45) is 0.850. The van der Waals surface area contributed by atoms with Gasteiger partial charge >= 0.3 is 0 Å². The van der Waals surface area contributed by atoms with E-state index in [1.807, 2.05) is 26.8 Å². The van der Waals surface area contributed by atoms with Crippen LogP contribution in [-0.2, 0) is 4.79 Å². The molecule has 0 spiro atoms. The third-order valence-corrected chi connectivity index (χ3v) is 6.68. The van der Waals surface area contributed by atoms with E-state index in [4.69, 9.17) is 17.3 Å². The minimum atomic E-state index is -0.774. The summed E-state index contributed by atoms with van der Waals surface area (Å²) in [5.74, 6) is -0.671. The zero-order valence-corrected chi connectivity index (χ0v) is 19.3. The number of nitrogens with zero attached hydrogens (tertiary/aromatic N) is 3. The van der Waals surface area contributed by atoms with Crippen LogP contribution in [0.1, 0.15) is 43.7 Å². The van der Waals surface area contributed by atoms with E-state index in [0.29, 0.717) is 40.4 Å². The van der Waals surface area contributed by atoms with Gasteiger partial charge in [-0.2, -0.15) is 5.26 Å². The fourth-order valence-electron chi connectivity index (χ4n) is 4.77. The number of hydrogen-bond donors (Lipinski definition) is 1. The smallest absolute Gasteiger partial charge is 0.269 e. The standard InChI is InChI=1S/C25H23ClN4O3/c1-14-18(26)8-5-9-19(14)29-20-11-25(2,3)12-21(31)23(20)22(17(13-27)24(29)28)15-6-4-7-16(10-15)30(32)33/h4-10,22H,11-12,28H2,1-3H3/t22-/m1/s1. The van der Waals surface area contributed by atoms with Crippen LogP contribution in [0.3, 0.4) is 0 Å². The van der Waals surface area contributed by atoms with Crippen LogP contribution in [0.5, 0.6) is 0 Å². The molecule has 33 heavy (non-hydrogen) atoms. The van der Waals surface area contributed by atoms with Crippen molar-refractivity contribution < 1.29 is 9.72 Å². The Morgan fingerprint density at radius 2 is 1.94 bits per heavy atom. The van der Waals surface area contributed by atoms with Crippen molar-refractivity contribution in [1.29, 1.82) is 5.26 Å². The predicted molar refractivity (Wildman–Crippen MR) is 126 cm³/mol. The Labute approximate surface area is 196 Å². The van der Waals surface area contributed by atoms with Gasteiger partial charge in [0.15, 0.2) is 5.78 Å². The first-order chi connectivity index (χ1) is 15.6. The van der Waals surface area contributed by atoms with Gasteiger partial charge in [-0.3, -0.25) is 19.8 Å². The molecule has 1 aliphatic carbocycles. The van der Waals surface area contributed by atoms with Crippen LogP contribution >= 0.6 is 11.6 Å². The van der Waals surface area contributed by atoms with Crippen molar-refractivity contribution in [2.75, 3.05) is 4.90 Å². The van der Waals surface area contributed by atoms with Crippen LogP contribution in [-0.4, -0.2) is 10.7 Å². The highest BCUT2D eigenvalue weighted by Crippen LogP contribution is 2.51. The van der Waals surface area contributed by atoms with Gasteiger partial charge in [-0.05, 0) is 42.0 Å². The van der Waals surface area contributed by atoms with Gasteiger partial charge in [-0.15, -0.1) is 0 Å². The molecule has 4 rings (SSSR count). The number of benzene rings is 2. The van der Waals surface area contributed by atoms with Gasteiger partial charge in [-0.1, -0.05) is 43.6 Å². The summed E-state index contributed by atoms with van der Waals surface area (Å²) >= 11 is 6.39. The lowest BCUT2D eigenvalue weighted by atomic mass is 9.68. The number of carbonyl (C=O) groups excluding carboxylic acids is 1. The van der Waals surface area contributed by atoms with Crippen LogP contribution in [0.25, 0.3) is 0 Å². The highest BCUT2D eigenvalue weighted by atomic mass is 35.5. The number of carbonyl (C=O) groups is 1. The van der Waals surface area contributed by atoms with E-state index in [9.17, 15) is 20.2 Å². The number of rotatable bonds is 3. The Bertz CT molecular complexity index is 1300. The van der Waals surface area contributed by atoms with E-state index in [1.54, 1.807) is 29.2 Å². The van der Waals surface area contributed by atoms with E-state index < -0.39 is 10.8 Å². The van der Waals surface area contributed by atoms with Gasteiger partial charge in [0.1, 0.15) is 5.82 Å². The number of nitro benzene ring substituents is 1. The molecule has 168 valence electrons. The molecular formula is C25H23ClN4O3. The summed E-state index contributed by atoms with van der Waals surface area (Å²) in [6, 6.07) is 13.7. The van der Waals surface area contributed by atoms with Crippen molar-refractivity contribution >= 4 is 28.8 Å². The van der Waals surface area contributed by atoms with Crippen molar-refractivity contribution in [2.24, 2.45) is 11.1 Å². The Morgan fingerprint density at radius 1 is 1.24 bits per heavy atom. The van der Waals surface area contributed by atoms with E-state index in [1.165, 1.54) is 12.1 Å². The number of anilines is 1. The van der Waals surface area contributed by atoms with Crippen molar-refractivity contribution in [3.8, 4) is 6.07 Å². The molecule has 0 fully saturated rings. The minimum absolute atomic E-state index is 0.0947. The summed E-state index contributed by atoms with van der Waals surface area (Å²) in [7, 11) is 0. The molecule has 1 atom stereocenters. The third kappa shape index (κ3) is 3.77. The molecule has 0 unspecified atom stereocenters. The minimum Gasteiger partial charge on any atom is -0.384 e. The number of Topliss-reactive ketones (excluding diaryl/α,β-unsaturated/α-hetero) is 1. The molecule has 1 aliphatic heterocycles. The Kier molecular flexibility index (Phi) is 5.51. The third-order valence-electron chi connectivity index (χ3n) is 6.28. The van der Waals surface area contributed by atoms with E-state index in [-0.39, 0.29) is 28.3 Å². The molecule has 1 heterocycles. The molecule has 2 aliphatic rings. The number of non-ortho nitro benzene ring substituents is 1. The van der Waals surface area contributed by atoms with Gasteiger partial charge in [0, 0.05) is 34.8 Å². The number of nitrogens with two attached hydrogens (primary N) is 1. The summed E-state index contributed by atoms with van der Waals surface area (Å²) in [5, 5.41) is 22.1. The lowest BCUT2D eigenvalue weighted by Crippen LogP contribution is -2.42. The quantitative estimate of drug-likeness (QED) is 0.476. The van der Waals surface area contributed by atoms with Crippen molar-refractivity contribution in [2.45, 2.75) is 39.5 Å². The maximum atomic E-state index is 13.5. The number of allylic oxidation sites excluding steroid dienone is 3. The number of ketones is 1. The Hall–Kier alpha value is -3.63. The van der Waals surface area contributed by atoms with E-state index in [0.717, 1.165) is 5.56 Å². The van der Waals surface area contributed by atoms with Gasteiger partial charge < -0.3 is 5.73 Å². The molecule has 0 amide bonds. The van der Waals surface area contributed by atoms with Crippen molar-refractivity contribution in [1.82, 2.24) is 0 Å². The van der Waals surface area contributed by atoms with Crippen LogP contribution in [0.15, 0.2) is 65.1 Å². The molecule has 2 N–H and O–H groups in total. The molecule has 8 heteroatoms. The van der Waals surface area contributed by atoms with Crippen LogP contribution < -0.4 is 10.6 Å².